The molecule has 0 radical (unpaired) electrons. The Morgan fingerprint density at radius 2 is 2.33 bits per heavy atom. The Kier molecular flexibility index (Phi) is 3.84. The molecule has 1 fully saturated rings. The third-order valence-corrected chi connectivity index (χ3v) is 3.17. The number of amides is 1. The van der Waals surface area contributed by atoms with Crippen molar-refractivity contribution in [1.29, 1.82) is 0 Å². The lowest BCUT2D eigenvalue weighted by atomic mass is 10.0. The highest BCUT2D eigenvalue weighted by Gasteiger charge is 2.34. The van der Waals surface area contributed by atoms with Gasteiger partial charge in [0.2, 0.25) is 5.91 Å². The molecule has 1 aromatic carbocycles. The van der Waals surface area contributed by atoms with Crippen LogP contribution < -0.4 is 10.6 Å². The van der Waals surface area contributed by atoms with Crippen LogP contribution in [0.15, 0.2) is 24.3 Å². The second kappa shape index (κ2) is 5.37. The molecule has 5 heteroatoms. The number of nitrogens with zero attached hydrogens (tertiary/aromatic N) is 1. The molecule has 0 bridgehead atoms. The monoisotopic (exact) mass is 250 g/mol. The Morgan fingerprint density at radius 1 is 1.56 bits per heavy atom. The molecule has 2 atom stereocenters. The SMILES string of the molecule is CCN(C(=O)C1COCC1N)c1cccc(O)c1. The molecule has 2 unspecified atom stereocenters. The number of hydrogen-bond donors (Lipinski definition) is 2. The average Bonchev–Trinajstić information content (AvgIpc) is 2.76. The number of phenols is 1. The standard InChI is InChI=1S/C13H18N2O3/c1-2-15(9-4-3-5-10(16)6-9)13(17)11-7-18-8-12(11)14/h3-6,11-12,16H,2,7-8,14H2,1H3. The summed E-state index contributed by atoms with van der Waals surface area (Å²) in [5.41, 5.74) is 6.54. The maximum Gasteiger partial charge on any atom is 0.234 e. The molecule has 3 N–H and O–H groups in total. The lowest BCUT2D eigenvalue weighted by molar-refractivity contribution is -0.122. The Hall–Kier alpha value is -1.59. The van der Waals surface area contributed by atoms with Gasteiger partial charge in [0.05, 0.1) is 19.1 Å². The highest BCUT2D eigenvalue weighted by Crippen LogP contribution is 2.23. The molecule has 1 heterocycles. The van der Waals surface area contributed by atoms with Gasteiger partial charge in [-0.3, -0.25) is 4.79 Å². The van der Waals surface area contributed by atoms with Gasteiger partial charge in [-0.15, -0.1) is 0 Å². The quantitative estimate of drug-likeness (QED) is 0.828. The van der Waals surface area contributed by atoms with E-state index in [1.165, 1.54) is 0 Å². The van der Waals surface area contributed by atoms with Crippen molar-refractivity contribution >= 4 is 11.6 Å². The summed E-state index contributed by atoms with van der Waals surface area (Å²) in [7, 11) is 0. The van der Waals surface area contributed by atoms with Crippen molar-refractivity contribution in [1.82, 2.24) is 0 Å². The van der Waals surface area contributed by atoms with E-state index in [1.54, 1.807) is 29.2 Å². The zero-order chi connectivity index (χ0) is 13.1. The molecule has 0 spiro atoms. The summed E-state index contributed by atoms with van der Waals surface area (Å²) in [6.07, 6.45) is 0. The fourth-order valence-corrected chi connectivity index (χ4v) is 2.15. The van der Waals surface area contributed by atoms with E-state index in [2.05, 4.69) is 0 Å². The van der Waals surface area contributed by atoms with Gasteiger partial charge in [0.15, 0.2) is 0 Å². The lowest BCUT2D eigenvalue weighted by Crippen LogP contribution is -2.43. The van der Waals surface area contributed by atoms with Crippen molar-refractivity contribution in [2.45, 2.75) is 13.0 Å². The highest BCUT2D eigenvalue weighted by atomic mass is 16.5. The van der Waals surface area contributed by atoms with Gasteiger partial charge in [-0.25, -0.2) is 0 Å². The van der Waals surface area contributed by atoms with Gasteiger partial charge in [0.1, 0.15) is 5.75 Å². The molecule has 0 aromatic heterocycles. The van der Waals surface area contributed by atoms with Crippen LogP contribution in [-0.2, 0) is 9.53 Å². The zero-order valence-corrected chi connectivity index (χ0v) is 10.4. The minimum atomic E-state index is -0.299. The average molecular weight is 250 g/mol. The fraction of sp³-hybridized carbons (Fsp3) is 0.462. The smallest absolute Gasteiger partial charge is 0.234 e. The maximum atomic E-state index is 12.4. The van der Waals surface area contributed by atoms with Crippen LogP contribution in [0.25, 0.3) is 0 Å². The summed E-state index contributed by atoms with van der Waals surface area (Å²) in [6, 6.07) is 6.41. The summed E-state index contributed by atoms with van der Waals surface area (Å²) in [5.74, 6) is -0.203. The predicted molar refractivity (Wildman–Crippen MR) is 68.4 cm³/mol. The van der Waals surface area contributed by atoms with E-state index < -0.39 is 0 Å². The molecule has 1 aliphatic heterocycles. The van der Waals surface area contributed by atoms with E-state index in [1.807, 2.05) is 6.92 Å². The lowest BCUT2D eigenvalue weighted by Gasteiger charge is -2.25. The number of hydrogen-bond acceptors (Lipinski definition) is 4. The first-order valence-corrected chi connectivity index (χ1v) is 6.07. The van der Waals surface area contributed by atoms with E-state index in [0.29, 0.717) is 25.4 Å². The van der Waals surface area contributed by atoms with E-state index in [4.69, 9.17) is 10.5 Å². The minimum absolute atomic E-state index is 0.0481. The number of nitrogens with two attached hydrogens (primary N) is 1. The minimum Gasteiger partial charge on any atom is -0.508 e. The molecule has 5 nitrogen and oxygen atoms in total. The third kappa shape index (κ3) is 2.47. The normalized spacial score (nSPS) is 23.0. The number of carbonyl (C=O) groups is 1. The van der Waals surface area contributed by atoms with Crippen LogP contribution in [0.1, 0.15) is 6.92 Å². The summed E-state index contributed by atoms with van der Waals surface area (Å²) < 4.78 is 5.22. The topological polar surface area (TPSA) is 75.8 Å². The molecule has 18 heavy (non-hydrogen) atoms. The second-order valence-corrected chi connectivity index (χ2v) is 4.41. The summed E-state index contributed by atoms with van der Waals surface area (Å²) in [5, 5.41) is 9.47. The van der Waals surface area contributed by atoms with Gasteiger partial charge in [-0.2, -0.15) is 0 Å². The number of carbonyl (C=O) groups excluding carboxylic acids is 1. The van der Waals surface area contributed by atoms with Crippen molar-refractivity contribution in [2.75, 3.05) is 24.7 Å². The first kappa shape index (κ1) is 12.9. The number of benzene rings is 1. The second-order valence-electron chi connectivity index (χ2n) is 4.41. The molecule has 2 rings (SSSR count). The molecule has 0 aliphatic carbocycles. The van der Waals surface area contributed by atoms with Gasteiger partial charge in [-0.05, 0) is 19.1 Å². The molecule has 98 valence electrons. The summed E-state index contributed by atoms with van der Waals surface area (Å²) in [4.78, 5) is 14.0. The van der Waals surface area contributed by atoms with Crippen LogP contribution >= 0.6 is 0 Å². The van der Waals surface area contributed by atoms with Crippen LogP contribution in [0.4, 0.5) is 5.69 Å². The van der Waals surface area contributed by atoms with Crippen LogP contribution in [0.3, 0.4) is 0 Å². The van der Waals surface area contributed by atoms with Gasteiger partial charge in [0, 0.05) is 24.3 Å². The van der Waals surface area contributed by atoms with Gasteiger partial charge < -0.3 is 20.5 Å². The highest BCUT2D eigenvalue weighted by molar-refractivity contribution is 5.95. The van der Waals surface area contributed by atoms with Crippen molar-refractivity contribution in [2.24, 2.45) is 11.7 Å². The predicted octanol–water partition coefficient (Wildman–Crippen LogP) is 0.719. The number of phenolic OH excluding ortho intramolecular Hbond substituents is 1. The van der Waals surface area contributed by atoms with Crippen LogP contribution in [0.5, 0.6) is 5.75 Å². The van der Waals surface area contributed by atoms with Crippen molar-refractivity contribution in [3.05, 3.63) is 24.3 Å². The molecule has 1 saturated heterocycles. The van der Waals surface area contributed by atoms with Crippen molar-refractivity contribution in [3.63, 3.8) is 0 Å². The Labute approximate surface area is 106 Å². The molecule has 1 amide bonds. The fourth-order valence-electron chi connectivity index (χ4n) is 2.15. The Bertz CT molecular complexity index is 436. The Morgan fingerprint density at radius 3 is 2.89 bits per heavy atom. The van der Waals surface area contributed by atoms with Gasteiger partial charge in [0.25, 0.3) is 0 Å². The molecular formula is C13H18N2O3. The van der Waals surface area contributed by atoms with Crippen molar-refractivity contribution in [3.8, 4) is 5.75 Å². The number of anilines is 1. The molecular weight excluding hydrogens is 232 g/mol. The Balaban J connectivity index is 2.20. The van der Waals surface area contributed by atoms with E-state index in [0.717, 1.165) is 0 Å². The number of aromatic hydroxyl groups is 1. The van der Waals surface area contributed by atoms with Gasteiger partial charge in [-0.1, -0.05) is 6.07 Å². The third-order valence-electron chi connectivity index (χ3n) is 3.17. The zero-order valence-electron chi connectivity index (χ0n) is 10.4. The van der Waals surface area contributed by atoms with Crippen LogP contribution in [0, 0.1) is 5.92 Å². The molecule has 0 saturated carbocycles. The number of rotatable bonds is 3. The first-order valence-electron chi connectivity index (χ1n) is 6.07. The van der Waals surface area contributed by atoms with Crippen molar-refractivity contribution < 1.29 is 14.6 Å². The number of ether oxygens (including phenoxy) is 1. The van der Waals surface area contributed by atoms with Crippen LogP contribution in [0.2, 0.25) is 0 Å². The largest absolute Gasteiger partial charge is 0.508 e. The summed E-state index contributed by atoms with van der Waals surface area (Å²) in [6.45, 7) is 3.22. The maximum absolute atomic E-state index is 12.4. The first-order chi connectivity index (χ1) is 8.63. The van der Waals surface area contributed by atoms with Crippen LogP contribution in [-0.4, -0.2) is 36.8 Å². The molecule has 1 aromatic rings. The van der Waals surface area contributed by atoms with E-state index in [9.17, 15) is 9.90 Å². The van der Waals surface area contributed by atoms with E-state index in [-0.39, 0.29) is 23.6 Å². The summed E-state index contributed by atoms with van der Waals surface area (Å²) >= 11 is 0. The molecule has 1 aliphatic rings. The van der Waals surface area contributed by atoms with E-state index >= 15 is 0 Å². The van der Waals surface area contributed by atoms with Gasteiger partial charge >= 0.3 is 0 Å².